The minimum atomic E-state index is -1.14. The third kappa shape index (κ3) is 7.85. The molecule has 0 spiro atoms. The molecule has 12 heteroatoms. The molecule has 0 radical (unpaired) electrons. The van der Waals surface area contributed by atoms with E-state index in [1.165, 1.54) is 4.68 Å². The zero-order valence-electron chi connectivity index (χ0n) is 29.8. The molecule has 2 aliphatic heterocycles. The van der Waals surface area contributed by atoms with Gasteiger partial charge in [-0.1, -0.05) is 19.6 Å². The second-order valence-corrected chi connectivity index (χ2v) is 12.9. The lowest BCUT2D eigenvalue weighted by Crippen LogP contribution is -2.46. The molecule has 1 unspecified atom stereocenters. The second kappa shape index (κ2) is 15.7. The summed E-state index contributed by atoms with van der Waals surface area (Å²) in [6.07, 6.45) is 9.23. The van der Waals surface area contributed by atoms with Gasteiger partial charge in [0.2, 0.25) is 5.79 Å². The molecule has 12 nitrogen and oxygen atoms in total. The lowest BCUT2D eigenvalue weighted by molar-refractivity contribution is -0.150. The van der Waals surface area contributed by atoms with Crippen LogP contribution in [0.3, 0.4) is 0 Å². The molecule has 0 aliphatic carbocycles. The van der Waals surface area contributed by atoms with Crippen LogP contribution in [0.2, 0.25) is 0 Å². The van der Waals surface area contributed by atoms with Gasteiger partial charge < -0.3 is 24.0 Å². The number of nitriles is 1. The van der Waals surface area contributed by atoms with E-state index in [2.05, 4.69) is 56.9 Å². The summed E-state index contributed by atoms with van der Waals surface area (Å²) in [7, 11) is 0. The summed E-state index contributed by atoms with van der Waals surface area (Å²) in [6, 6.07) is 20.4. The van der Waals surface area contributed by atoms with Gasteiger partial charge in [0.25, 0.3) is 0 Å². The van der Waals surface area contributed by atoms with Gasteiger partial charge in [-0.15, -0.1) is 0 Å². The molecule has 0 bridgehead atoms. The summed E-state index contributed by atoms with van der Waals surface area (Å²) in [5.74, 6) is -0.388. The molecule has 0 saturated carbocycles. The molecule has 2 aromatic carbocycles. The average molecular weight is 691 g/mol. The van der Waals surface area contributed by atoms with E-state index in [1.54, 1.807) is 33.9 Å². The average Bonchev–Trinajstić information content (AvgIpc) is 3.94. The Morgan fingerprint density at radius 2 is 1.73 bits per heavy atom. The first kappa shape index (κ1) is 35.4. The smallest absolute Gasteiger partial charge is 0.350 e. The Hall–Kier alpha value is -5.38. The van der Waals surface area contributed by atoms with E-state index in [0.717, 1.165) is 61.0 Å². The fourth-order valence-corrected chi connectivity index (χ4v) is 6.35. The number of anilines is 2. The minimum Gasteiger partial charge on any atom is -0.491 e. The summed E-state index contributed by atoms with van der Waals surface area (Å²) < 4.78 is 23.9. The van der Waals surface area contributed by atoms with Crippen molar-refractivity contribution in [2.45, 2.75) is 58.6 Å². The monoisotopic (exact) mass is 690 g/mol. The number of benzene rings is 2. The van der Waals surface area contributed by atoms with Gasteiger partial charge >= 0.3 is 5.69 Å². The van der Waals surface area contributed by atoms with Crippen LogP contribution in [-0.4, -0.2) is 75.4 Å². The van der Waals surface area contributed by atoms with Gasteiger partial charge in [-0.25, -0.2) is 14.0 Å². The van der Waals surface area contributed by atoms with E-state index in [1.807, 2.05) is 64.2 Å². The molecule has 4 heterocycles. The Morgan fingerprint density at radius 3 is 2.31 bits per heavy atom. The molecule has 2 fully saturated rings. The molecule has 2 aliphatic rings. The van der Waals surface area contributed by atoms with Crippen molar-refractivity contribution >= 4 is 11.4 Å². The van der Waals surface area contributed by atoms with Gasteiger partial charge in [-0.3, -0.25) is 4.68 Å². The van der Waals surface area contributed by atoms with Gasteiger partial charge in [0.15, 0.2) is 0 Å². The van der Waals surface area contributed by atoms with E-state index in [9.17, 15) is 10.1 Å². The lowest BCUT2D eigenvalue weighted by Gasteiger charge is -2.37. The van der Waals surface area contributed by atoms with Crippen LogP contribution in [0.25, 0.3) is 5.69 Å². The summed E-state index contributed by atoms with van der Waals surface area (Å²) in [4.78, 5) is 17.6. The maximum atomic E-state index is 12.8. The van der Waals surface area contributed by atoms with E-state index < -0.39 is 5.79 Å². The third-order valence-electron chi connectivity index (χ3n) is 9.65. The van der Waals surface area contributed by atoms with Crippen LogP contribution in [0.1, 0.15) is 40.2 Å². The highest BCUT2D eigenvalue weighted by Gasteiger charge is 2.45. The number of hydrogen-bond donors (Lipinski definition) is 0. The van der Waals surface area contributed by atoms with Gasteiger partial charge in [0.1, 0.15) is 24.8 Å². The summed E-state index contributed by atoms with van der Waals surface area (Å²) >= 11 is 0. The number of piperazine rings is 1. The van der Waals surface area contributed by atoms with E-state index in [-0.39, 0.29) is 17.8 Å². The van der Waals surface area contributed by atoms with Crippen molar-refractivity contribution in [1.82, 2.24) is 24.1 Å². The first-order valence-corrected chi connectivity index (χ1v) is 17.5. The summed E-state index contributed by atoms with van der Waals surface area (Å²) in [5.41, 5.74) is 4.95. The largest absolute Gasteiger partial charge is 0.491 e. The van der Waals surface area contributed by atoms with Crippen LogP contribution < -0.4 is 20.2 Å². The molecule has 6 rings (SSSR count). The predicted octanol–water partition coefficient (Wildman–Crippen LogP) is 5.69. The fourth-order valence-electron chi connectivity index (χ4n) is 6.35. The Bertz CT molecular complexity index is 1950. The summed E-state index contributed by atoms with van der Waals surface area (Å²) in [5, 5.41) is 18.1. The van der Waals surface area contributed by atoms with Crippen LogP contribution in [0, 0.1) is 11.3 Å². The molecule has 51 heavy (non-hydrogen) atoms. The molecule has 3 atom stereocenters. The highest BCUT2D eigenvalue weighted by atomic mass is 16.8. The van der Waals surface area contributed by atoms with Gasteiger partial charge in [-0.2, -0.15) is 15.5 Å². The zero-order chi connectivity index (χ0) is 36.0. The van der Waals surface area contributed by atoms with Gasteiger partial charge in [0, 0.05) is 61.1 Å². The highest BCUT2D eigenvalue weighted by Crippen LogP contribution is 2.36. The Labute approximate surface area is 299 Å². The SMILES string of the molecule is C=C(/C(C)=C\C(C#N)=C/C)[C@]1(Cn2cccn2)OC[C@@H](COc2ccc(N3CCN(c4ccc(-n5cnn(C(C)CC)c5=O)cc4)CC3)cc2)O1. The Morgan fingerprint density at radius 1 is 1.08 bits per heavy atom. The molecule has 0 amide bonds. The van der Waals surface area contributed by atoms with Crippen LogP contribution in [-0.2, 0) is 16.0 Å². The van der Waals surface area contributed by atoms with Crippen LogP contribution >= 0.6 is 0 Å². The first-order chi connectivity index (χ1) is 24.7. The Kier molecular flexibility index (Phi) is 10.9. The van der Waals surface area contributed by atoms with Crippen molar-refractivity contribution in [2.75, 3.05) is 49.2 Å². The van der Waals surface area contributed by atoms with Crippen molar-refractivity contribution in [3.05, 3.63) is 119 Å². The van der Waals surface area contributed by atoms with Crippen molar-refractivity contribution < 1.29 is 14.2 Å². The van der Waals surface area contributed by atoms with Gasteiger partial charge in [-0.05, 0) is 93.4 Å². The number of ether oxygens (including phenoxy) is 3. The third-order valence-corrected chi connectivity index (χ3v) is 9.65. The number of aromatic nitrogens is 5. The first-order valence-electron chi connectivity index (χ1n) is 17.5. The molecular weight excluding hydrogens is 644 g/mol. The topological polar surface area (TPSA) is 116 Å². The standard InChI is InChI=1S/C39H46N8O4/c1-6-30(4)47-38(48)46(28-42-47)35-11-9-33(10-12-35)43-19-21-44(22-20-43)34-13-15-36(16-14-34)49-25-37-26-50-39(51-37,27-45-18-8-17-41-45)31(5)29(3)23-32(7-2)24-40/h7-18,23,28,30,37H,5-6,19-22,25-27H2,1-4H3/b29-23-,32-7+/t30?,37-,39-/m1/s1. The molecular formula is C39H46N8O4. The molecule has 0 N–H and O–H groups in total. The molecule has 2 saturated heterocycles. The maximum Gasteiger partial charge on any atom is 0.350 e. The van der Waals surface area contributed by atoms with Crippen LogP contribution in [0.15, 0.2) is 114 Å². The zero-order valence-corrected chi connectivity index (χ0v) is 29.8. The number of hydrogen-bond acceptors (Lipinski definition) is 9. The minimum absolute atomic E-state index is 0.0631. The van der Waals surface area contributed by atoms with Crippen molar-refractivity contribution in [3.8, 4) is 17.5 Å². The van der Waals surface area contributed by atoms with Crippen molar-refractivity contribution in [3.63, 3.8) is 0 Å². The second-order valence-electron chi connectivity index (χ2n) is 12.9. The normalized spacial score (nSPS) is 20.3. The highest BCUT2D eigenvalue weighted by molar-refractivity contribution is 5.55. The van der Waals surface area contributed by atoms with E-state index in [4.69, 9.17) is 14.2 Å². The predicted molar refractivity (Wildman–Crippen MR) is 197 cm³/mol. The van der Waals surface area contributed by atoms with Crippen molar-refractivity contribution in [2.24, 2.45) is 0 Å². The summed E-state index contributed by atoms with van der Waals surface area (Å²) in [6.45, 7) is 16.6. The molecule has 4 aromatic rings. The Balaban J connectivity index is 1.02. The lowest BCUT2D eigenvalue weighted by atomic mass is 9.98. The van der Waals surface area contributed by atoms with Crippen molar-refractivity contribution in [1.29, 1.82) is 5.26 Å². The number of nitrogens with zero attached hydrogens (tertiary/aromatic N) is 8. The maximum absolute atomic E-state index is 12.8. The van der Waals surface area contributed by atoms with Crippen LogP contribution in [0.4, 0.5) is 11.4 Å². The number of rotatable bonds is 13. The quantitative estimate of drug-likeness (QED) is 0.129. The van der Waals surface area contributed by atoms with Crippen LogP contribution in [0.5, 0.6) is 5.75 Å². The van der Waals surface area contributed by atoms with E-state index in [0.29, 0.717) is 30.9 Å². The van der Waals surface area contributed by atoms with E-state index >= 15 is 0 Å². The fraction of sp³-hybridized carbons (Fsp3) is 0.385. The number of allylic oxidation sites excluding steroid dienone is 3. The molecule has 266 valence electrons. The van der Waals surface area contributed by atoms with Gasteiger partial charge in [0.05, 0.1) is 31.0 Å². The molecule has 2 aromatic heterocycles.